The van der Waals surface area contributed by atoms with E-state index in [0.717, 1.165) is 23.8 Å². The average Bonchev–Trinajstić information content (AvgIpc) is 2.38. The van der Waals surface area contributed by atoms with Crippen molar-refractivity contribution in [2.75, 3.05) is 12.4 Å². The van der Waals surface area contributed by atoms with E-state index in [1.807, 2.05) is 6.07 Å². The van der Waals surface area contributed by atoms with Crippen LogP contribution in [-0.4, -0.2) is 18.3 Å². The van der Waals surface area contributed by atoms with E-state index in [-0.39, 0.29) is 0 Å². The van der Waals surface area contributed by atoms with Gasteiger partial charge in [0, 0.05) is 11.1 Å². The van der Waals surface area contributed by atoms with Crippen LogP contribution in [0.2, 0.25) is 5.02 Å². The summed E-state index contributed by atoms with van der Waals surface area (Å²) >= 11 is 11.3. The molecule has 0 aliphatic carbocycles. The first-order valence-corrected chi connectivity index (χ1v) is 8.12. The normalized spacial score (nSPS) is 12.1. The molecule has 21 heavy (non-hydrogen) atoms. The topological polar surface area (TPSA) is 33.3 Å². The molecule has 1 rings (SSSR count). The Labute approximate surface area is 138 Å². The van der Waals surface area contributed by atoms with Gasteiger partial charge in [0.1, 0.15) is 5.75 Å². The fraction of sp³-hybridized carbons (Fsp3) is 0.562. The van der Waals surface area contributed by atoms with E-state index >= 15 is 0 Å². The van der Waals surface area contributed by atoms with E-state index in [0.29, 0.717) is 16.2 Å². The molecule has 1 atom stereocenters. The van der Waals surface area contributed by atoms with Crippen LogP contribution in [0.4, 0.5) is 5.69 Å². The summed E-state index contributed by atoms with van der Waals surface area (Å²) in [7, 11) is 1.62. The lowest BCUT2D eigenvalue weighted by atomic mass is 10.0. The molecule has 0 saturated heterocycles. The maximum absolute atomic E-state index is 6.00. The summed E-state index contributed by atoms with van der Waals surface area (Å²) in [5.74, 6) is 1.47. The van der Waals surface area contributed by atoms with Crippen LogP contribution in [-0.2, 0) is 0 Å². The first-order valence-electron chi connectivity index (χ1n) is 7.33. The van der Waals surface area contributed by atoms with Gasteiger partial charge in [-0.05, 0) is 49.7 Å². The number of thiocarbonyl (C=S) groups is 1. The first-order chi connectivity index (χ1) is 9.92. The Morgan fingerprint density at radius 1 is 1.29 bits per heavy atom. The molecule has 0 aliphatic heterocycles. The summed E-state index contributed by atoms with van der Waals surface area (Å²) in [5, 5.41) is 7.67. The molecule has 1 aromatic carbocycles. The smallest absolute Gasteiger partial charge is 0.171 e. The SMILES string of the molecule is COc1ccc(Cl)cc1NC(=S)NC(C)CCCC(C)C. The number of benzene rings is 1. The maximum atomic E-state index is 6.00. The van der Waals surface area contributed by atoms with Crippen molar-refractivity contribution in [3.63, 3.8) is 0 Å². The highest BCUT2D eigenvalue weighted by molar-refractivity contribution is 7.80. The number of methoxy groups -OCH3 is 1. The number of ether oxygens (including phenoxy) is 1. The zero-order valence-corrected chi connectivity index (χ0v) is 14.8. The molecule has 2 N–H and O–H groups in total. The van der Waals surface area contributed by atoms with Crippen LogP contribution >= 0.6 is 23.8 Å². The largest absolute Gasteiger partial charge is 0.495 e. The van der Waals surface area contributed by atoms with Gasteiger partial charge in [-0.25, -0.2) is 0 Å². The second-order valence-electron chi connectivity index (χ2n) is 5.67. The van der Waals surface area contributed by atoms with Gasteiger partial charge in [-0.1, -0.05) is 38.3 Å². The van der Waals surface area contributed by atoms with E-state index in [2.05, 4.69) is 31.4 Å². The summed E-state index contributed by atoms with van der Waals surface area (Å²) in [6.07, 6.45) is 3.55. The van der Waals surface area contributed by atoms with Crippen molar-refractivity contribution in [2.45, 2.75) is 46.1 Å². The van der Waals surface area contributed by atoms with E-state index < -0.39 is 0 Å². The summed E-state index contributed by atoms with van der Waals surface area (Å²) in [6.45, 7) is 6.63. The van der Waals surface area contributed by atoms with Crippen molar-refractivity contribution in [2.24, 2.45) is 5.92 Å². The Balaban J connectivity index is 2.48. The zero-order valence-electron chi connectivity index (χ0n) is 13.2. The van der Waals surface area contributed by atoms with Crippen LogP contribution in [0.25, 0.3) is 0 Å². The van der Waals surface area contributed by atoms with Crippen molar-refractivity contribution < 1.29 is 4.74 Å². The van der Waals surface area contributed by atoms with Gasteiger partial charge < -0.3 is 15.4 Å². The number of anilines is 1. The van der Waals surface area contributed by atoms with Crippen molar-refractivity contribution in [3.8, 4) is 5.75 Å². The lowest BCUT2D eigenvalue weighted by Gasteiger charge is -2.18. The fourth-order valence-electron chi connectivity index (χ4n) is 2.06. The van der Waals surface area contributed by atoms with Crippen molar-refractivity contribution in [3.05, 3.63) is 23.2 Å². The Morgan fingerprint density at radius 2 is 2.00 bits per heavy atom. The molecule has 0 saturated carbocycles. The number of rotatable bonds is 7. The number of halogens is 1. The van der Waals surface area contributed by atoms with Gasteiger partial charge in [-0.2, -0.15) is 0 Å². The quantitative estimate of drug-likeness (QED) is 0.701. The zero-order chi connectivity index (χ0) is 15.8. The van der Waals surface area contributed by atoms with Crippen molar-refractivity contribution in [1.29, 1.82) is 0 Å². The van der Waals surface area contributed by atoms with Gasteiger partial charge in [-0.15, -0.1) is 0 Å². The second-order valence-corrected chi connectivity index (χ2v) is 6.51. The minimum atomic E-state index is 0.342. The van der Waals surface area contributed by atoms with E-state index in [1.54, 1.807) is 19.2 Å². The summed E-state index contributed by atoms with van der Waals surface area (Å²) in [6, 6.07) is 5.75. The van der Waals surface area contributed by atoms with Gasteiger partial charge >= 0.3 is 0 Å². The van der Waals surface area contributed by atoms with Crippen LogP contribution in [0.5, 0.6) is 5.75 Å². The van der Waals surface area contributed by atoms with Crippen molar-refractivity contribution >= 4 is 34.6 Å². The molecular weight excluding hydrogens is 304 g/mol. The number of nitrogens with one attached hydrogen (secondary N) is 2. The van der Waals surface area contributed by atoms with Gasteiger partial charge in [0.25, 0.3) is 0 Å². The van der Waals surface area contributed by atoms with Crippen LogP contribution in [0.1, 0.15) is 40.0 Å². The summed E-state index contributed by atoms with van der Waals surface area (Å²) in [5.41, 5.74) is 0.775. The molecule has 0 fully saturated rings. The van der Waals surface area contributed by atoms with Crippen LogP contribution in [0.15, 0.2) is 18.2 Å². The van der Waals surface area contributed by atoms with Gasteiger partial charge in [-0.3, -0.25) is 0 Å². The van der Waals surface area contributed by atoms with Crippen LogP contribution in [0, 0.1) is 5.92 Å². The Hall–Kier alpha value is -1.00. The van der Waals surface area contributed by atoms with Crippen LogP contribution in [0.3, 0.4) is 0 Å². The molecular formula is C16H25ClN2OS. The lowest BCUT2D eigenvalue weighted by molar-refractivity contribution is 0.417. The van der Waals surface area contributed by atoms with E-state index in [1.165, 1.54) is 12.8 Å². The third kappa shape index (κ3) is 7.00. The monoisotopic (exact) mass is 328 g/mol. The summed E-state index contributed by atoms with van der Waals surface area (Å²) in [4.78, 5) is 0. The predicted octanol–water partition coefficient (Wildman–Crippen LogP) is 4.85. The molecule has 0 heterocycles. The molecule has 0 amide bonds. The van der Waals surface area contributed by atoms with E-state index in [4.69, 9.17) is 28.6 Å². The molecule has 3 nitrogen and oxygen atoms in total. The Morgan fingerprint density at radius 3 is 2.62 bits per heavy atom. The fourth-order valence-corrected chi connectivity index (χ4v) is 2.55. The third-order valence-electron chi connectivity index (χ3n) is 3.21. The van der Waals surface area contributed by atoms with Crippen LogP contribution < -0.4 is 15.4 Å². The first kappa shape index (κ1) is 18.1. The second kappa shape index (κ2) is 9.11. The van der Waals surface area contributed by atoms with Crippen molar-refractivity contribution in [1.82, 2.24) is 5.32 Å². The highest BCUT2D eigenvalue weighted by Crippen LogP contribution is 2.27. The summed E-state index contributed by atoms with van der Waals surface area (Å²) < 4.78 is 5.29. The minimum absolute atomic E-state index is 0.342. The Kier molecular flexibility index (Phi) is 7.83. The molecule has 0 aromatic heterocycles. The molecule has 0 radical (unpaired) electrons. The van der Waals surface area contributed by atoms with Gasteiger partial charge in [0.15, 0.2) is 5.11 Å². The average molecular weight is 329 g/mol. The Bertz CT molecular complexity index is 466. The maximum Gasteiger partial charge on any atom is 0.171 e. The highest BCUT2D eigenvalue weighted by Gasteiger charge is 2.08. The standard InChI is InChI=1S/C16H25ClN2OS/c1-11(2)6-5-7-12(3)18-16(21)19-14-10-13(17)8-9-15(14)20-4/h8-12H,5-7H2,1-4H3,(H2,18,19,21). The van der Waals surface area contributed by atoms with Gasteiger partial charge in [0.2, 0.25) is 0 Å². The molecule has 1 aromatic rings. The molecule has 0 bridgehead atoms. The predicted molar refractivity (Wildman–Crippen MR) is 95.5 cm³/mol. The van der Waals surface area contributed by atoms with Gasteiger partial charge in [0.05, 0.1) is 12.8 Å². The molecule has 118 valence electrons. The molecule has 5 heteroatoms. The molecule has 0 aliphatic rings. The minimum Gasteiger partial charge on any atom is -0.495 e. The molecule has 0 spiro atoms. The number of hydrogen-bond donors (Lipinski definition) is 2. The number of hydrogen-bond acceptors (Lipinski definition) is 2. The lowest BCUT2D eigenvalue weighted by Crippen LogP contribution is -2.35. The van der Waals surface area contributed by atoms with E-state index in [9.17, 15) is 0 Å². The third-order valence-corrected chi connectivity index (χ3v) is 3.66. The molecule has 1 unspecified atom stereocenters. The highest BCUT2D eigenvalue weighted by atomic mass is 35.5.